The molecule has 0 saturated heterocycles. The normalized spacial score (nSPS) is 20.6. The van der Waals surface area contributed by atoms with Crippen molar-refractivity contribution in [1.29, 1.82) is 0 Å². The van der Waals surface area contributed by atoms with Crippen LogP contribution in [0.2, 0.25) is 0 Å². The third-order valence-electron chi connectivity index (χ3n) is 2.29. The van der Waals surface area contributed by atoms with Gasteiger partial charge in [-0.1, -0.05) is 6.08 Å². The van der Waals surface area contributed by atoms with Gasteiger partial charge in [-0.3, -0.25) is 10.1 Å². The number of nitro groups is 1. The molecule has 0 fully saturated rings. The molecule has 16 heavy (non-hydrogen) atoms. The second-order valence-electron chi connectivity index (χ2n) is 3.52. The zero-order valence-corrected chi connectivity index (χ0v) is 9.52. The highest BCUT2D eigenvalue weighted by Crippen LogP contribution is 2.18. The molecule has 0 aromatic heterocycles. The molecule has 0 amide bonds. The smallest absolute Gasteiger partial charge is 0.235 e. The van der Waals surface area contributed by atoms with E-state index in [9.17, 15) is 18.5 Å². The van der Waals surface area contributed by atoms with Crippen molar-refractivity contribution in [2.45, 2.75) is 18.9 Å². The highest BCUT2D eigenvalue weighted by Gasteiger charge is 2.23. The van der Waals surface area contributed by atoms with Gasteiger partial charge in [0.05, 0.1) is 10.7 Å². The lowest BCUT2D eigenvalue weighted by atomic mass is 10.1. The van der Waals surface area contributed by atoms with Crippen LogP contribution < -0.4 is 5.73 Å². The lowest BCUT2D eigenvalue weighted by molar-refractivity contribution is -0.508. The third kappa shape index (κ3) is 3.14. The van der Waals surface area contributed by atoms with Crippen molar-refractivity contribution in [3.05, 3.63) is 33.2 Å². The van der Waals surface area contributed by atoms with Gasteiger partial charge >= 0.3 is 0 Å². The van der Waals surface area contributed by atoms with Gasteiger partial charge in [0, 0.05) is 11.3 Å². The maximum absolute atomic E-state index is 11.7. The van der Waals surface area contributed by atoms with Gasteiger partial charge in [-0.2, -0.15) is 0 Å². The minimum Gasteiger partial charge on any atom is -0.330 e. The van der Waals surface area contributed by atoms with Crippen molar-refractivity contribution in [3.8, 4) is 0 Å². The van der Waals surface area contributed by atoms with E-state index in [4.69, 9.17) is 5.73 Å². The van der Waals surface area contributed by atoms with Crippen LogP contribution in [0.25, 0.3) is 0 Å². The van der Waals surface area contributed by atoms with Crippen molar-refractivity contribution in [1.82, 2.24) is 0 Å². The molecular formula is C9H14N2O4S. The lowest BCUT2D eigenvalue weighted by Gasteiger charge is -2.10. The maximum atomic E-state index is 11.7. The van der Waals surface area contributed by atoms with Crippen LogP contribution in [-0.4, -0.2) is 31.7 Å². The van der Waals surface area contributed by atoms with Crippen molar-refractivity contribution in [2.75, 3.05) is 12.3 Å². The van der Waals surface area contributed by atoms with Crippen LogP contribution in [-0.2, 0) is 9.84 Å². The predicted molar refractivity (Wildman–Crippen MR) is 60.1 cm³/mol. The van der Waals surface area contributed by atoms with Gasteiger partial charge in [-0.25, -0.2) is 8.42 Å². The largest absolute Gasteiger partial charge is 0.330 e. The van der Waals surface area contributed by atoms with Gasteiger partial charge in [0.15, 0.2) is 9.84 Å². The molecule has 1 atom stereocenters. The summed E-state index contributed by atoms with van der Waals surface area (Å²) in [5.41, 5.74) is 5.24. The maximum Gasteiger partial charge on any atom is 0.235 e. The molecule has 7 heteroatoms. The molecule has 2 N–H and O–H groups in total. The van der Waals surface area contributed by atoms with E-state index in [1.165, 1.54) is 18.2 Å². The first-order valence-corrected chi connectivity index (χ1v) is 6.57. The molecule has 0 aliphatic heterocycles. The second kappa shape index (κ2) is 5.22. The van der Waals surface area contributed by atoms with Crippen LogP contribution in [0.4, 0.5) is 0 Å². The van der Waals surface area contributed by atoms with Crippen molar-refractivity contribution >= 4 is 9.84 Å². The fourth-order valence-electron chi connectivity index (χ4n) is 1.37. The second-order valence-corrected chi connectivity index (χ2v) is 5.62. The molecule has 90 valence electrons. The van der Waals surface area contributed by atoms with Gasteiger partial charge in [0.25, 0.3) is 0 Å². The van der Waals surface area contributed by atoms with Crippen molar-refractivity contribution in [2.24, 2.45) is 5.73 Å². The molecule has 6 nitrogen and oxygen atoms in total. The molecule has 0 spiro atoms. The quantitative estimate of drug-likeness (QED) is 0.552. The molecule has 1 rings (SSSR count). The molecular weight excluding hydrogens is 232 g/mol. The number of hydrogen-bond acceptors (Lipinski definition) is 5. The summed E-state index contributed by atoms with van der Waals surface area (Å²) in [6, 6.07) is -0.812. The Bertz CT molecular complexity index is 425. The number of rotatable bonds is 5. The monoisotopic (exact) mass is 246 g/mol. The summed E-state index contributed by atoms with van der Waals surface area (Å²) in [4.78, 5) is 10.2. The zero-order chi connectivity index (χ0) is 12.2. The summed E-state index contributed by atoms with van der Waals surface area (Å²) in [5, 5.41) is 10.4. The number of nitrogens with two attached hydrogens (primary N) is 1. The first-order chi connectivity index (χ1) is 7.47. The highest BCUT2D eigenvalue weighted by molar-refractivity contribution is 7.95. The summed E-state index contributed by atoms with van der Waals surface area (Å²) >= 11 is 0. The fraction of sp³-hybridized carbons (Fsp3) is 0.556. The van der Waals surface area contributed by atoms with E-state index in [1.54, 1.807) is 0 Å². The Balaban J connectivity index is 2.72. The Morgan fingerprint density at radius 1 is 1.56 bits per heavy atom. The SMILES string of the molecule is NCCCS(=O)(=O)C1=CCC([N+](=O)[O-])C=C1. The first kappa shape index (κ1) is 12.9. The average molecular weight is 246 g/mol. The van der Waals surface area contributed by atoms with Gasteiger partial charge in [0.2, 0.25) is 6.04 Å². The zero-order valence-electron chi connectivity index (χ0n) is 8.70. The van der Waals surface area contributed by atoms with Gasteiger partial charge in [0.1, 0.15) is 0 Å². The van der Waals surface area contributed by atoms with E-state index < -0.39 is 20.8 Å². The minimum absolute atomic E-state index is 0.0111. The van der Waals surface area contributed by atoms with Crippen LogP contribution >= 0.6 is 0 Å². The molecule has 0 aromatic carbocycles. The van der Waals surface area contributed by atoms with E-state index in [-0.39, 0.29) is 17.1 Å². The summed E-state index contributed by atoms with van der Waals surface area (Å²) in [6.45, 7) is 0.313. The van der Waals surface area contributed by atoms with Crippen LogP contribution in [0.5, 0.6) is 0 Å². The molecule has 1 unspecified atom stereocenters. The fourth-order valence-corrected chi connectivity index (χ4v) is 2.79. The Kier molecular flexibility index (Phi) is 4.19. The van der Waals surface area contributed by atoms with Crippen LogP contribution in [0, 0.1) is 10.1 Å². The molecule has 0 aromatic rings. The van der Waals surface area contributed by atoms with Gasteiger partial charge < -0.3 is 5.73 Å². The molecule has 0 bridgehead atoms. The third-order valence-corrected chi connectivity index (χ3v) is 4.14. The summed E-state index contributed by atoms with van der Waals surface area (Å²) in [5.74, 6) is -0.0111. The van der Waals surface area contributed by atoms with E-state index in [2.05, 4.69) is 0 Å². The number of hydrogen-bond donors (Lipinski definition) is 1. The van der Waals surface area contributed by atoms with Crippen LogP contribution in [0.3, 0.4) is 0 Å². The van der Waals surface area contributed by atoms with E-state index in [0.717, 1.165) is 0 Å². The Morgan fingerprint density at radius 2 is 2.25 bits per heavy atom. The summed E-state index contributed by atoms with van der Waals surface area (Å²) < 4.78 is 23.4. The molecule has 1 aliphatic rings. The van der Waals surface area contributed by atoms with Gasteiger partial charge in [-0.05, 0) is 25.1 Å². The standard InChI is InChI=1S/C9H14N2O4S/c10-6-1-7-16(14,15)9-4-2-8(3-5-9)11(12)13/h2,4-5,8H,1,3,6-7,10H2. The highest BCUT2D eigenvalue weighted by atomic mass is 32.2. The Hall–Kier alpha value is -1.21. The van der Waals surface area contributed by atoms with Crippen LogP contribution in [0.1, 0.15) is 12.8 Å². The Labute approximate surface area is 93.9 Å². The molecule has 0 heterocycles. The number of nitrogens with zero attached hydrogens (tertiary/aromatic N) is 1. The van der Waals surface area contributed by atoms with Gasteiger partial charge in [-0.15, -0.1) is 0 Å². The molecule has 1 aliphatic carbocycles. The molecule has 0 radical (unpaired) electrons. The van der Waals surface area contributed by atoms with Crippen LogP contribution in [0.15, 0.2) is 23.1 Å². The van der Waals surface area contributed by atoms with E-state index in [0.29, 0.717) is 13.0 Å². The number of sulfone groups is 1. The van der Waals surface area contributed by atoms with Crippen molar-refractivity contribution < 1.29 is 13.3 Å². The first-order valence-electron chi connectivity index (χ1n) is 4.92. The topological polar surface area (TPSA) is 103 Å². The summed E-state index contributed by atoms with van der Waals surface area (Å²) in [7, 11) is -3.32. The van der Waals surface area contributed by atoms with E-state index >= 15 is 0 Å². The van der Waals surface area contributed by atoms with E-state index in [1.807, 2.05) is 0 Å². The number of allylic oxidation sites excluding steroid dienone is 1. The lowest BCUT2D eigenvalue weighted by Crippen LogP contribution is -2.20. The Morgan fingerprint density at radius 3 is 2.69 bits per heavy atom. The average Bonchev–Trinajstić information content (AvgIpc) is 2.26. The minimum atomic E-state index is -3.32. The predicted octanol–water partition coefficient (Wildman–Crippen LogP) is 0.239. The molecule has 0 saturated carbocycles. The summed E-state index contributed by atoms with van der Waals surface area (Å²) in [6.07, 6.45) is 4.55. The van der Waals surface area contributed by atoms with Crippen molar-refractivity contribution in [3.63, 3.8) is 0 Å².